The second-order valence-corrected chi connectivity index (χ2v) is 8.43. The standard InChI is InChI=1S/C22H28N6O/c1-4-10-28-14-16(12-24-28)21(29)26-19-9-11-27(15-22(19,2)3)20-13-23-17-7-5-6-8-18(17)25-20/h5-8,12-14,19H,4,9-11,15H2,1-3H3,(H,26,29). The van der Waals surface area contributed by atoms with Crippen LogP contribution in [0.4, 0.5) is 5.82 Å². The first-order valence-electron chi connectivity index (χ1n) is 10.3. The number of nitrogens with one attached hydrogen (secondary N) is 1. The number of fused-ring (bicyclic) bond motifs is 1. The van der Waals surface area contributed by atoms with Crippen molar-refractivity contribution < 1.29 is 4.79 Å². The van der Waals surface area contributed by atoms with Gasteiger partial charge >= 0.3 is 0 Å². The minimum absolute atomic E-state index is 0.0515. The first-order chi connectivity index (χ1) is 14.0. The number of para-hydroxylation sites is 2. The fourth-order valence-corrected chi connectivity index (χ4v) is 3.99. The fourth-order valence-electron chi connectivity index (χ4n) is 3.99. The number of benzene rings is 1. The maximum Gasteiger partial charge on any atom is 0.254 e. The Kier molecular flexibility index (Phi) is 5.22. The van der Waals surface area contributed by atoms with Crippen LogP contribution in [0.5, 0.6) is 0 Å². The molecule has 1 fully saturated rings. The second-order valence-electron chi connectivity index (χ2n) is 8.43. The Hall–Kier alpha value is -2.96. The average Bonchev–Trinajstić information content (AvgIpc) is 3.18. The summed E-state index contributed by atoms with van der Waals surface area (Å²) < 4.78 is 1.82. The van der Waals surface area contributed by atoms with Crippen LogP contribution < -0.4 is 10.2 Å². The summed E-state index contributed by atoms with van der Waals surface area (Å²) >= 11 is 0. The highest BCUT2D eigenvalue weighted by Gasteiger charge is 2.37. The molecule has 1 unspecified atom stereocenters. The largest absolute Gasteiger partial charge is 0.355 e. The number of carbonyl (C=O) groups is 1. The molecule has 2 aromatic heterocycles. The van der Waals surface area contributed by atoms with Gasteiger partial charge in [-0.15, -0.1) is 0 Å². The molecule has 1 aliphatic heterocycles. The van der Waals surface area contributed by atoms with Crippen molar-refractivity contribution in [3.8, 4) is 0 Å². The van der Waals surface area contributed by atoms with E-state index in [2.05, 4.69) is 41.1 Å². The normalized spacial score (nSPS) is 18.7. The number of anilines is 1. The molecule has 7 nitrogen and oxygen atoms in total. The van der Waals surface area contributed by atoms with Gasteiger partial charge in [-0.25, -0.2) is 4.98 Å². The number of aryl methyl sites for hydroxylation is 1. The molecule has 0 saturated carbocycles. The Labute approximate surface area is 171 Å². The van der Waals surface area contributed by atoms with Crippen LogP contribution in [0.2, 0.25) is 0 Å². The third-order valence-corrected chi connectivity index (χ3v) is 5.64. The van der Waals surface area contributed by atoms with E-state index in [9.17, 15) is 4.79 Å². The summed E-state index contributed by atoms with van der Waals surface area (Å²) in [5, 5.41) is 7.49. The highest BCUT2D eigenvalue weighted by atomic mass is 16.1. The number of rotatable bonds is 5. The molecule has 7 heteroatoms. The minimum Gasteiger partial charge on any atom is -0.355 e. The Morgan fingerprint density at radius 1 is 1.24 bits per heavy atom. The van der Waals surface area contributed by atoms with Gasteiger partial charge in [-0.1, -0.05) is 32.9 Å². The van der Waals surface area contributed by atoms with Gasteiger partial charge in [-0.3, -0.25) is 14.5 Å². The van der Waals surface area contributed by atoms with Crippen molar-refractivity contribution in [2.24, 2.45) is 5.41 Å². The maximum absolute atomic E-state index is 12.7. The highest BCUT2D eigenvalue weighted by molar-refractivity contribution is 5.94. The van der Waals surface area contributed by atoms with Gasteiger partial charge in [0.1, 0.15) is 5.82 Å². The van der Waals surface area contributed by atoms with E-state index in [1.165, 1.54) is 0 Å². The molecule has 0 radical (unpaired) electrons. The van der Waals surface area contributed by atoms with Gasteiger partial charge in [0, 0.05) is 37.3 Å². The second kappa shape index (κ2) is 7.81. The van der Waals surface area contributed by atoms with Crippen LogP contribution in [0.15, 0.2) is 42.9 Å². The zero-order valence-electron chi connectivity index (χ0n) is 17.3. The van der Waals surface area contributed by atoms with Crippen molar-refractivity contribution in [2.45, 2.75) is 46.2 Å². The van der Waals surface area contributed by atoms with Crippen LogP contribution in [0.1, 0.15) is 44.0 Å². The first-order valence-corrected chi connectivity index (χ1v) is 10.3. The van der Waals surface area contributed by atoms with Crippen molar-refractivity contribution in [2.75, 3.05) is 18.0 Å². The zero-order chi connectivity index (χ0) is 20.4. The van der Waals surface area contributed by atoms with Crippen LogP contribution in [-0.2, 0) is 6.54 Å². The van der Waals surface area contributed by atoms with Gasteiger partial charge in [-0.05, 0) is 25.0 Å². The summed E-state index contributed by atoms with van der Waals surface area (Å²) in [5.41, 5.74) is 2.33. The molecule has 0 spiro atoms. The molecule has 1 N–H and O–H groups in total. The predicted octanol–water partition coefficient (Wildman–Crippen LogP) is 3.27. The molecular formula is C22H28N6O. The van der Waals surface area contributed by atoms with E-state index in [1.54, 1.807) is 6.20 Å². The van der Waals surface area contributed by atoms with Gasteiger partial charge in [0.15, 0.2) is 0 Å². The molecule has 3 aromatic rings. The molecule has 1 atom stereocenters. The predicted molar refractivity (Wildman–Crippen MR) is 114 cm³/mol. The van der Waals surface area contributed by atoms with Crippen molar-refractivity contribution in [1.82, 2.24) is 25.1 Å². The van der Waals surface area contributed by atoms with Crippen LogP contribution in [0.3, 0.4) is 0 Å². The summed E-state index contributed by atoms with van der Waals surface area (Å²) in [6, 6.07) is 8.01. The van der Waals surface area contributed by atoms with E-state index in [4.69, 9.17) is 4.98 Å². The van der Waals surface area contributed by atoms with E-state index in [1.807, 2.05) is 41.3 Å². The molecule has 152 valence electrons. The van der Waals surface area contributed by atoms with Gasteiger partial charge in [0.05, 0.1) is 29.0 Å². The molecule has 1 amide bonds. The molecule has 1 aromatic carbocycles. The van der Waals surface area contributed by atoms with Crippen molar-refractivity contribution in [1.29, 1.82) is 0 Å². The summed E-state index contributed by atoms with van der Waals surface area (Å²) in [7, 11) is 0. The lowest BCUT2D eigenvalue weighted by Crippen LogP contribution is -2.56. The van der Waals surface area contributed by atoms with Gasteiger partial charge < -0.3 is 10.2 Å². The van der Waals surface area contributed by atoms with E-state index in [0.717, 1.165) is 49.3 Å². The molecule has 29 heavy (non-hydrogen) atoms. The quantitative estimate of drug-likeness (QED) is 0.721. The van der Waals surface area contributed by atoms with Crippen molar-refractivity contribution in [3.63, 3.8) is 0 Å². The zero-order valence-corrected chi connectivity index (χ0v) is 17.3. The topological polar surface area (TPSA) is 75.9 Å². The summed E-state index contributed by atoms with van der Waals surface area (Å²) in [5.74, 6) is 0.840. The Balaban J connectivity index is 1.44. The average molecular weight is 393 g/mol. The number of hydrogen-bond acceptors (Lipinski definition) is 5. The molecule has 3 heterocycles. The Morgan fingerprint density at radius 2 is 2.03 bits per heavy atom. The van der Waals surface area contributed by atoms with Crippen LogP contribution in [-0.4, -0.2) is 44.8 Å². The molecule has 0 aliphatic carbocycles. The van der Waals surface area contributed by atoms with E-state index in [-0.39, 0.29) is 17.4 Å². The summed E-state index contributed by atoms with van der Waals surface area (Å²) in [4.78, 5) is 24.3. The van der Waals surface area contributed by atoms with Gasteiger partial charge in [-0.2, -0.15) is 5.10 Å². The summed E-state index contributed by atoms with van der Waals surface area (Å²) in [6.07, 6.45) is 7.17. The van der Waals surface area contributed by atoms with Crippen LogP contribution >= 0.6 is 0 Å². The lowest BCUT2D eigenvalue weighted by molar-refractivity contribution is 0.0879. The highest BCUT2D eigenvalue weighted by Crippen LogP contribution is 2.32. The number of hydrogen-bond donors (Lipinski definition) is 1. The molecule has 1 saturated heterocycles. The maximum atomic E-state index is 12.7. The number of carbonyl (C=O) groups excluding carboxylic acids is 1. The SMILES string of the molecule is CCCn1cc(C(=O)NC2CCN(c3cnc4ccccc4n3)CC2(C)C)cn1. The van der Waals surface area contributed by atoms with Crippen LogP contribution in [0, 0.1) is 5.41 Å². The van der Waals surface area contributed by atoms with E-state index in [0.29, 0.717) is 5.56 Å². The third-order valence-electron chi connectivity index (χ3n) is 5.64. The van der Waals surface area contributed by atoms with Crippen molar-refractivity contribution >= 4 is 22.8 Å². The number of piperidine rings is 1. The van der Waals surface area contributed by atoms with E-state index >= 15 is 0 Å². The fraction of sp³-hybridized carbons (Fsp3) is 0.455. The van der Waals surface area contributed by atoms with E-state index < -0.39 is 0 Å². The molecule has 4 rings (SSSR count). The van der Waals surface area contributed by atoms with Crippen LogP contribution in [0.25, 0.3) is 11.0 Å². The smallest absolute Gasteiger partial charge is 0.254 e. The number of aromatic nitrogens is 4. The molecular weight excluding hydrogens is 364 g/mol. The lowest BCUT2D eigenvalue weighted by atomic mass is 9.79. The Morgan fingerprint density at radius 3 is 2.79 bits per heavy atom. The lowest BCUT2D eigenvalue weighted by Gasteiger charge is -2.44. The first kappa shape index (κ1) is 19.4. The third kappa shape index (κ3) is 4.09. The Bertz CT molecular complexity index is 1010. The minimum atomic E-state index is -0.0966. The summed E-state index contributed by atoms with van der Waals surface area (Å²) in [6.45, 7) is 8.94. The number of nitrogens with zero attached hydrogens (tertiary/aromatic N) is 5. The van der Waals surface area contributed by atoms with Gasteiger partial charge in [0.25, 0.3) is 5.91 Å². The molecule has 1 aliphatic rings. The molecule has 0 bridgehead atoms. The number of amides is 1. The van der Waals surface area contributed by atoms with Gasteiger partial charge in [0.2, 0.25) is 0 Å². The monoisotopic (exact) mass is 392 g/mol. The van der Waals surface area contributed by atoms with Crippen molar-refractivity contribution in [3.05, 3.63) is 48.4 Å².